The van der Waals surface area contributed by atoms with Crippen molar-refractivity contribution < 1.29 is 31.9 Å². The normalized spacial score (nSPS) is 11.2. The van der Waals surface area contributed by atoms with Crippen LogP contribution in [-0.2, 0) is 19.6 Å². The van der Waals surface area contributed by atoms with E-state index in [9.17, 15) is 22.4 Å². The summed E-state index contributed by atoms with van der Waals surface area (Å²) in [5, 5.41) is 6.47. The number of carbonyl (C=O) groups excluding carboxylic acids is 2. The number of nitrogens with one attached hydrogen (secondary N) is 2. The van der Waals surface area contributed by atoms with Gasteiger partial charge in [-0.25, -0.2) is 18.2 Å². The van der Waals surface area contributed by atoms with Gasteiger partial charge in [0.25, 0.3) is 11.8 Å². The highest BCUT2D eigenvalue weighted by atomic mass is 32.2. The number of hydrazone groups is 1. The summed E-state index contributed by atoms with van der Waals surface area (Å²) in [6.45, 7) is 1.05. The van der Waals surface area contributed by atoms with E-state index in [1.807, 2.05) is 0 Å². The maximum absolute atomic E-state index is 12.9. The van der Waals surface area contributed by atoms with Crippen LogP contribution in [0.1, 0.15) is 11.1 Å². The monoisotopic (exact) mass is 542 g/mol. The number of sulfonamides is 1. The molecule has 0 aliphatic carbocycles. The summed E-state index contributed by atoms with van der Waals surface area (Å²) >= 11 is 0. The molecule has 0 fully saturated rings. The molecule has 3 aromatic carbocycles. The molecule has 3 rings (SSSR count). The van der Waals surface area contributed by atoms with Gasteiger partial charge >= 0.3 is 0 Å². The summed E-state index contributed by atoms with van der Waals surface area (Å²) in [6, 6.07) is 16.9. The average molecular weight is 543 g/mol. The number of rotatable bonds is 11. The fourth-order valence-electron chi connectivity index (χ4n) is 3.25. The van der Waals surface area contributed by atoms with Crippen LogP contribution < -0.4 is 24.5 Å². The van der Waals surface area contributed by atoms with Gasteiger partial charge in [-0.1, -0.05) is 6.07 Å². The molecule has 200 valence electrons. The number of anilines is 2. The Morgan fingerprint density at radius 1 is 1.03 bits per heavy atom. The predicted molar refractivity (Wildman–Crippen MR) is 143 cm³/mol. The molecule has 0 saturated carbocycles. The number of carbonyl (C=O) groups is 2. The Balaban J connectivity index is 1.53. The van der Waals surface area contributed by atoms with Gasteiger partial charge in [-0.2, -0.15) is 5.10 Å². The summed E-state index contributed by atoms with van der Waals surface area (Å²) in [5.41, 5.74) is 4.43. The number of aryl methyl sites for hydroxylation is 1. The molecule has 38 heavy (non-hydrogen) atoms. The Hall–Kier alpha value is -4.45. The Morgan fingerprint density at radius 3 is 2.34 bits per heavy atom. The van der Waals surface area contributed by atoms with Crippen LogP contribution in [0.5, 0.6) is 11.5 Å². The van der Waals surface area contributed by atoms with Crippen molar-refractivity contribution in [1.82, 2.24) is 5.43 Å². The highest BCUT2D eigenvalue weighted by Crippen LogP contribution is 2.30. The van der Waals surface area contributed by atoms with E-state index in [2.05, 4.69) is 15.8 Å². The first-order chi connectivity index (χ1) is 18.0. The third kappa shape index (κ3) is 8.30. The van der Waals surface area contributed by atoms with Crippen molar-refractivity contribution in [1.29, 1.82) is 0 Å². The van der Waals surface area contributed by atoms with Gasteiger partial charge in [-0.05, 0) is 78.7 Å². The minimum atomic E-state index is -3.79. The summed E-state index contributed by atoms with van der Waals surface area (Å²) in [4.78, 5) is 24.4. The van der Waals surface area contributed by atoms with Crippen LogP contribution in [0, 0.1) is 12.7 Å². The van der Waals surface area contributed by atoms with E-state index in [1.165, 1.54) is 37.6 Å². The molecule has 0 aliphatic heterocycles. The molecule has 0 spiro atoms. The van der Waals surface area contributed by atoms with Gasteiger partial charge in [-0.3, -0.25) is 13.9 Å². The number of ether oxygens (including phenoxy) is 2. The number of nitrogens with zero attached hydrogens (tertiary/aromatic N) is 2. The first kappa shape index (κ1) is 28.1. The van der Waals surface area contributed by atoms with Crippen LogP contribution in [0.3, 0.4) is 0 Å². The van der Waals surface area contributed by atoms with Crippen molar-refractivity contribution in [3.05, 3.63) is 83.7 Å². The van der Waals surface area contributed by atoms with Crippen LogP contribution in [0.4, 0.5) is 15.8 Å². The van der Waals surface area contributed by atoms with Gasteiger partial charge in [0.05, 0.1) is 25.3 Å². The Morgan fingerprint density at radius 2 is 1.71 bits per heavy atom. The van der Waals surface area contributed by atoms with Gasteiger partial charge in [0.2, 0.25) is 10.0 Å². The third-order valence-corrected chi connectivity index (χ3v) is 6.20. The molecular weight excluding hydrogens is 515 g/mol. The lowest BCUT2D eigenvalue weighted by molar-refractivity contribution is -0.119. The molecule has 0 bridgehead atoms. The van der Waals surface area contributed by atoms with Crippen LogP contribution in [0.2, 0.25) is 0 Å². The lowest BCUT2D eigenvalue weighted by Gasteiger charge is -2.23. The highest BCUT2D eigenvalue weighted by molar-refractivity contribution is 7.92. The third-order valence-electron chi connectivity index (χ3n) is 5.07. The van der Waals surface area contributed by atoms with Crippen molar-refractivity contribution in [2.75, 3.05) is 36.1 Å². The fourth-order valence-corrected chi connectivity index (χ4v) is 4.10. The number of halogens is 1. The molecule has 0 aliphatic rings. The molecule has 0 aromatic heterocycles. The lowest BCUT2D eigenvalue weighted by Crippen LogP contribution is -2.39. The average Bonchev–Trinajstić information content (AvgIpc) is 2.87. The Labute approximate surface area is 220 Å². The molecule has 2 amide bonds. The second-order valence-corrected chi connectivity index (χ2v) is 10.1. The molecule has 2 N–H and O–H groups in total. The summed E-state index contributed by atoms with van der Waals surface area (Å²) in [5.74, 6) is -0.719. The van der Waals surface area contributed by atoms with Crippen molar-refractivity contribution in [2.24, 2.45) is 5.10 Å². The lowest BCUT2D eigenvalue weighted by atomic mass is 10.2. The minimum Gasteiger partial charge on any atom is -0.495 e. The van der Waals surface area contributed by atoms with Gasteiger partial charge in [0.1, 0.15) is 23.9 Å². The predicted octanol–water partition coefficient (Wildman–Crippen LogP) is 3.08. The van der Waals surface area contributed by atoms with Gasteiger partial charge in [0, 0.05) is 5.69 Å². The largest absolute Gasteiger partial charge is 0.495 e. The van der Waals surface area contributed by atoms with Crippen LogP contribution >= 0.6 is 0 Å². The van der Waals surface area contributed by atoms with E-state index in [4.69, 9.17) is 9.47 Å². The zero-order chi connectivity index (χ0) is 27.7. The van der Waals surface area contributed by atoms with Gasteiger partial charge in [0.15, 0.2) is 6.61 Å². The number of benzene rings is 3. The molecule has 3 aromatic rings. The summed E-state index contributed by atoms with van der Waals surface area (Å²) in [6.07, 6.45) is 2.38. The number of amides is 2. The van der Waals surface area contributed by atoms with Gasteiger partial charge < -0.3 is 14.8 Å². The standard InChI is InChI=1S/C26H27FN4O6S/c1-18-4-13-24(36-2)23(14-18)31(38(3,34)35)16-25(32)30-28-15-19-5-11-22(12-6-19)37-17-26(33)29-21-9-7-20(27)8-10-21/h4-15H,16-17H2,1-3H3,(H,29,33)(H,30,32)/b28-15-. The molecule has 0 saturated heterocycles. The topological polar surface area (TPSA) is 126 Å². The maximum atomic E-state index is 12.9. The smallest absolute Gasteiger partial charge is 0.262 e. The molecule has 0 atom stereocenters. The van der Waals surface area contributed by atoms with E-state index >= 15 is 0 Å². The van der Waals surface area contributed by atoms with Crippen molar-refractivity contribution in [2.45, 2.75) is 6.92 Å². The first-order valence-electron chi connectivity index (χ1n) is 11.3. The quantitative estimate of drug-likeness (QED) is 0.283. The highest BCUT2D eigenvalue weighted by Gasteiger charge is 2.24. The van der Waals surface area contributed by atoms with Crippen molar-refractivity contribution in [3.63, 3.8) is 0 Å². The Kier molecular flexibility index (Phi) is 9.39. The maximum Gasteiger partial charge on any atom is 0.262 e. The molecular formula is C26H27FN4O6S. The van der Waals surface area contributed by atoms with E-state index in [-0.39, 0.29) is 12.3 Å². The van der Waals surface area contributed by atoms with Crippen LogP contribution in [-0.4, -0.2) is 53.0 Å². The van der Waals surface area contributed by atoms with E-state index in [1.54, 1.807) is 49.4 Å². The summed E-state index contributed by atoms with van der Waals surface area (Å²) < 4.78 is 49.3. The first-order valence-corrected chi connectivity index (χ1v) is 13.1. The molecule has 0 radical (unpaired) electrons. The molecule has 0 heterocycles. The molecule has 12 heteroatoms. The van der Waals surface area contributed by atoms with Crippen LogP contribution in [0.25, 0.3) is 0 Å². The minimum absolute atomic E-state index is 0.246. The zero-order valence-corrected chi connectivity index (χ0v) is 21.8. The molecule has 10 nitrogen and oxygen atoms in total. The molecule has 0 unspecified atom stereocenters. The van der Waals surface area contributed by atoms with Crippen LogP contribution in [0.15, 0.2) is 71.8 Å². The number of methoxy groups -OCH3 is 1. The zero-order valence-electron chi connectivity index (χ0n) is 21.0. The Bertz CT molecular complexity index is 1410. The SMILES string of the molecule is COc1ccc(C)cc1N(CC(=O)N/N=C\c1ccc(OCC(=O)Nc2ccc(F)cc2)cc1)S(C)(=O)=O. The van der Waals surface area contributed by atoms with E-state index < -0.39 is 34.2 Å². The number of hydrogen-bond donors (Lipinski definition) is 2. The van der Waals surface area contributed by atoms with Crippen molar-refractivity contribution >= 4 is 39.4 Å². The van der Waals surface area contributed by atoms with Gasteiger partial charge in [-0.15, -0.1) is 0 Å². The fraction of sp³-hybridized carbons (Fsp3) is 0.192. The van der Waals surface area contributed by atoms with E-state index in [0.717, 1.165) is 16.1 Å². The second-order valence-electron chi connectivity index (χ2n) is 8.15. The number of hydrogen-bond acceptors (Lipinski definition) is 7. The summed E-state index contributed by atoms with van der Waals surface area (Å²) in [7, 11) is -2.38. The second kappa shape index (κ2) is 12.7. The van der Waals surface area contributed by atoms with Crippen molar-refractivity contribution in [3.8, 4) is 11.5 Å². The van der Waals surface area contributed by atoms with E-state index in [0.29, 0.717) is 22.7 Å².